The van der Waals surface area contributed by atoms with Crippen molar-refractivity contribution in [3.8, 4) is 0 Å². The quantitative estimate of drug-likeness (QED) is 0.225. The van der Waals surface area contributed by atoms with Crippen molar-refractivity contribution in [3.63, 3.8) is 0 Å². The van der Waals surface area contributed by atoms with Crippen molar-refractivity contribution in [1.82, 2.24) is 9.13 Å². The van der Waals surface area contributed by atoms with Gasteiger partial charge in [-0.3, -0.25) is 0 Å². The molecular weight excluding hydrogens is 480 g/mol. The lowest BCUT2D eigenvalue weighted by Crippen LogP contribution is -2.31. The van der Waals surface area contributed by atoms with E-state index in [9.17, 15) is 25.9 Å². The van der Waals surface area contributed by atoms with Crippen LogP contribution < -0.4 is 9.13 Å². The Kier molecular flexibility index (Phi) is 16.0. The summed E-state index contributed by atoms with van der Waals surface area (Å²) < 4.78 is 66.7. The molecule has 0 saturated carbocycles. The average Bonchev–Trinajstić information content (AvgIpc) is 3.37. The SMILES string of the molecule is C=CCS(=O)(=O)[O-].C=CCS(=O)(=O)[O-].CCCC[n+]1ccn(CCn2cc[n+](CCCC)c2)c1. The van der Waals surface area contributed by atoms with Crippen molar-refractivity contribution in [1.29, 1.82) is 0 Å². The summed E-state index contributed by atoms with van der Waals surface area (Å²) in [5, 5.41) is 0. The van der Waals surface area contributed by atoms with Gasteiger partial charge in [0.25, 0.3) is 0 Å². The van der Waals surface area contributed by atoms with E-state index in [1.54, 1.807) is 0 Å². The van der Waals surface area contributed by atoms with E-state index < -0.39 is 31.7 Å². The minimum absolute atomic E-state index is 0.479. The van der Waals surface area contributed by atoms with E-state index in [0.717, 1.165) is 38.3 Å². The van der Waals surface area contributed by atoms with E-state index in [-0.39, 0.29) is 0 Å². The topological polar surface area (TPSA) is 132 Å². The van der Waals surface area contributed by atoms with Gasteiger partial charge in [-0.2, -0.15) is 0 Å². The van der Waals surface area contributed by atoms with E-state index in [0.29, 0.717) is 0 Å². The smallest absolute Gasteiger partial charge is 0.243 e. The number of nitrogens with zero attached hydrogens (tertiary/aromatic N) is 4. The molecule has 2 aromatic heterocycles. The van der Waals surface area contributed by atoms with E-state index in [2.05, 4.69) is 82.7 Å². The molecule has 0 fully saturated rings. The van der Waals surface area contributed by atoms with Gasteiger partial charge in [-0.25, -0.2) is 35.1 Å². The molecule has 0 bridgehead atoms. The van der Waals surface area contributed by atoms with Crippen LogP contribution in [0.1, 0.15) is 39.5 Å². The summed E-state index contributed by atoms with van der Waals surface area (Å²) in [5.41, 5.74) is 0. The van der Waals surface area contributed by atoms with Crippen molar-refractivity contribution >= 4 is 20.2 Å². The zero-order valence-electron chi connectivity index (χ0n) is 20.2. The lowest BCUT2D eigenvalue weighted by atomic mass is 10.3. The third-order valence-electron chi connectivity index (χ3n) is 4.29. The standard InChI is InChI=1S/C16H28N4.2C3H6O3S/c1-3-5-7-17-9-11-19(15-17)13-14-20-12-10-18(16-20)8-6-4-2;2*1-2-3-7(4,5)6/h9-12,15-16H,3-8,13-14H2,1-2H3;2*2H,1,3H2,(H,4,5,6)/q+2;;/p-2. The highest BCUT2D eigenvalue weighted by atomic mass is 32.2. The Balaban J connectivity index is 0.000000642. The zero-order valence-corrected chi connectivity index (χ0v) is 21.8. The molecule has 0 spiro atoms. The number of hydrogen-bond donors (Lipinski definition) is 0. The highest BCUT2D eigenvalue weighted by Crippen LogP contribution is 1.93. The van der Waals surface area contributed by atoms with Gasteiger partial charge in [-0.15, -0.1) is 13.2 Å². The first-order valence-corrected chi connectivity index (χ1v) is 14.3. The van der Waals surface area contributed by atoms with Crippen LogP contribution in [0.5, 0.6) is 0 Å². The van der Waals surface area contributed by atoms with Crippen LogP contribution in [-0.2, 0) is 46.4 Å². The molecule has 194 valence electrons. The Morgan fingerprint density at radius 2 is 1.12 bits per heavy atom. The maximum absolute atomic E-state index is 9.60. The fraction of sp³-hybridized carbons (Fsp3) is 0.545. The van der Waals surface area contributed by atoms with Crippen molar-refractivity contribution in [2.45, 2.75) is 65.7 Å². The van der Waals surface area contributed by atoms with Crippen LogP contribution in [0.4, 0.5) is 0 Å². The van der Waals surface area contributed by atoms with Crippen LogP contribution in [0.2, 0.25) is 0 Å². The van der Waals surface area contributed by atoms with Crippen molar-refractivity contribution in [3.05, 3.63) is 62.8 Å². The summed E-state index contributed by atoms with van der Waals surface area (Å²) in [4.78, 5) is 0. The molecule has 0 radical (unpaired) electrons. The van der Waals surface area contributed by atoms with Gasteiger partial charge in [-0.1, -0.05) is 38.8 Å². The van der Waals surface area contributed by atoms with Gasteiger partial charge < -0.3 is 9.11 Å². The highest BCUT2D eigenvalue weighted by Gasteiger charge is 2.07. The Labute approximate surface area is 204 Å². The average molecular weight is 519 g/mol. The van der Waals surface area contributed by atoms with Gasteiger partial charge in [0, 0.05) is 0 Å². The molecule has 0 N–H and O–H groups in total. The fourth-order valence-electron chi connectivity index (χ4n) is 2.61. The van der Waals surface area contributed by atoms with E-state index in [1.807, 2.05) is 0 Å². The Bertz CT molecular complexity index is 959. The fourth-order valence-corrected chi connectivity index (χ4v) is 3.18. The Hall–Kier alpha value is -2.28. The zero-order chi connectivity index (χ0) is 26.0. The second-order valence-corrected chi connectivity index (χ2v) is 10.4. The molecule has 0 aromatic carbocycles. The summed E-state index contributed by atoms with van der Waals surface area (Å²) in [6.45, 7) is 14.9. The second kappa shape index (κ2) is 17.2. The maximum atomic E-state index is 9.60. The van der Waals surface area contributed by atoms with E-state index >= 15 is 0 Å². The highest BCUT2D eigenvalue weighted by molar-refractivity contribution is 7.86. The molecule has 0 atom stereocenters. The summed E-state index contributed by atoms with van der Waals surface area (Å²) in [6.07, 6.45) is 20.2. The minimum Gasteiger partial charge on any atom is -0.748 e. The maximum Gasteiger partial charge on any atom is 0.243 e. The van der Waals surface area contributed by atoms with Gasteiger partial charge >= 0.3 is 0 Å². The molecule has 34 heavy (non-hydrogen) atoms. The molecule has 2 heterocycles. The number of hydrogen-bond acceptors (Lipinski definition) is 6. The van der Waals surface area contributed by atoms with Crippen molar-refractivity contribution in [2.75, 3.05) is 11.5 Å². The normalized spacial score (nSPS) is 11.1. The van der Waals surface area contributed by atoms with Gasteiger partial charge in [-0.05, 0) is 12.8 Å². The van der Waals surface area contributed by atoms with Gasteiger partial charge in [0.1, 0.15) is 37.9 Å². The molecule has 0 amide bonds. The molecule has 2 aromatic rings. The lowest BCUT2D eigenvalue weighted by molar-refractivity contribution is -0.697. The first kappa shape index (κ1) is 31.7. The molecule has 0 saturated heterocycles. The molecule has 10 nitrogen and oxygen atoms in total. The minimum atomic E-state index is -4.04. The summed E-state index contributed by atoms with van der Waals surface area (Å²) >= 11 is 0. The molecule has 0 unspecified atom stereocenters. The Morgan fingerprint density at radius 3 is 1.35 bits per heavy atom. The Morgan fingerprint density at radius 1 is 0.765 bits per heavy atom. The number of rotatable bonds is 13. The predicted molar refractivity (Wildman–Crippen MR) is 129 cm³/mol. The van der Waals surface area contributed by atoms with Crippen LogP contribution in [-0.4, -0.2) is 46.6 Å². The third-order valence-corrected chi connectivity index (χ3v) is 5.58. The van der Waals surface area contributed by atoms with Crippen LogP contribution in [0, 0.1) is 0 Å². The first-order valence-electron chi connectivity index (χ1n) is 11.1. The number of unbranched alkanes of at least 4 members (excludes halogenated alkanes) is 2. The van der Waals surface area contributed by atoms with Crippen LogP contribution in [0.15, 0.2) is 62.8 Å². The van der Waals surface area contributed by atoms with Crippen LogP contribution in [0.3, 0.4) is 0 Å². The first-order chi connectivity index (χ1) is 15.9. The third kappa shape index (κ3) is 18.2. The molecule has 0 aliphatic heterocycles. The van der Waals surface area contributed by atoms with Gasteiger partial charge in [0.15, 0.2) is 0 Å². The molecular formula is C22H38N4O6S2. The van der Waals surface area contributed by atoms with Crippen LogP contribution >= 0.6 is 0 Å². The monoisotopic (exact) mass is 518 g/mol. The number of aromatic nitrogens is 4. The molecule has 0 aliphatic rings. The van der Waals surface area contributed by atoms with E-state index in [1.165, 1.54) is 25.7 Å². The van der Waals surface area contributed by atoms with Crippen molar-refractivity contribution < 1.29 is 35.1 Å². The predicted octanol–water partition coefficient (Wildman–Crippen LogP) is 1.60. The second-order valence-electron chi connectivity index (χ2n) is 7.51. The molecule has 2 rings (SSSR count). The van der Waals surface area contributed by atoms with Gasteiger partial charge in [0.2, 0.25) is 12.7 Å². The number of imidazole rings is 2. The molecule has 12 heteroatoms. The van der Waals surface area contributed by atoms with Crippen molar-refractivity contribution in [2.24, 2.45) is 0 Å². The van der Waals surface area contributed by atoms with E-state index in [4.69, 9.17) is 0 Å². The summed E-state index contributed by atoms with van der Waals surface area (Å²) in [7, 11) is -8.08. The van der Waals surface area contributed by atoms with Crippen LogP contribution in [0.25, 0.3) is 0 Å². The molecule has 0 aliphatic carbocycles. The number of aryl methyl sites for hydroxylation is 4. The summed E-state index contributed by atoms with van der Waals surface area (Å²) in [6, 6.07) is 0. The lowest BCUT2D eigenvalue weighted by Gasteiger charge is -1.98. The van der Waals surface area contributed by atoms with Gasteiger partial charge in [0.05, 0.1) is 44.8 Å². The summed E-state index contributed by atoms with van der Waals surface area (Å²) in [5.74, 6) is -0.958. The largest absolute Gasteiger partial charge is 0.748 e.